The second-order valence-corrected chi connectivity index (χ2v) is 6.89. The summed E-state index contributed by atoms with van der Waals surface area (Å²) < 4.78 is 5.77. The third-order valence-corrected chi connectivity index (χ3v) is 5.02. The van der Waals surface area contributed by atoms with Crippen LogP contribution in [0.4, 0.5) is 5.69 Å². The van der Waals surface area contributed by atoms with Gasteiger partial charge in [-0.3, -0.25) is 9.59 Å². The molecule has 2 aromatic carbocycles. The van der Waals surface area contributed by atoms with E-state index in [1.165, 1.54) is 5.56 Å². The topological polar surface area (TPSA) is 58.6 Å². The van der Waals surface area contributed by atoms with Crippen LogP contribution in [-0.2, 0) is 11.2 Å². The number of carbonyl (C=O) groups excluding carboxylic acids is 2. The van der Waals surface area contributed by atoms with E-state index >= 15 is 0 Å². The van der Waals surface area contributed by atoms with Gasteiger partial charge in [-0.1, -0.05) is 18.2 Å². The molecule has 5 nitrogen and oxygen atoms in total. The molecule has 2 amide bonds. The number of fused-ring (bicyclic) bond motifs is 1. The zero-order chi connectivity index (χ0) is 17.9. The van der Waals surface area contributed by atoms with Crippen molar-refractivity contribution < 1.29 is 14.3 Å². The van der Waals surface area contributed by atoms with E-state index < -0.39 is 0 Å². The average molecular weight is 350 g/mol. The molecule has 2 aliphatic heterocycles. The quantitative estimate of drug-likeness (QED) is 0.922. The molecular formula is C21H22N2O3. The van der Waals surface area contributed by atoms with Crippen molar-refractivity contribution in [1.29, 1.82) is 0 Å². The van der Waals surface area contributed by atoms with Gasteiger partial charge in [0.2, 0.25) is 5.91 Å². The van der Waals surface area contributed by atoms with E-state index in [-0.39, 0.29) is 17.7 Å². The maximum Gasteiger partial charge on any atom is 0.251 e. The van der Waals surface area contributed by atoms with E-state index in [0.717, 1.165) is 30.8 Å². The molecule has 2 aliphatic rings. The Balaban J connectivity index is 1.33. The second-order valence-electron chi connectivity index (χ2n) is 6.89. The molecule has 1 N–H and O–H groups in total. The molecule has 134 valence electrons. The van der Waals surface area contributed by atoms with Crippen LogP contribution in [0.3, 0.4) is 0 Å². The number of nitrogens with one attached hydrogen (secondary N) is 1. The van der Waals surface area contributed by atoms with E-state index in [1.807, 2.05) is 30.3 Å². The minimum Gasteiger partial charge on any atom is -0.493 e. The van der Waals surface area contributed by atoms with Gasteiger partial charge < -0.3 is 15.0 Å². The SMILES string of the molecule is O=C(NCC1COc2ccccc2C1)c1ccc(N2CCCC2=O)cc1. The van der Waals surface area contributed by atoms with E-state index in [9.17, 15) is 9.59 Å². The van der Waals surface area contributed by atoms with Crippen LogP contribution in [0.5, 0.6) is 5.75 Å². The van der Waals surface area contributed by atoms with Crippen LogP contribution in [0.2, 0.25) is 0 Å². The zero-order valence-corrected chi connectivity index (χ0v) is 14.6. The van der Waals surface area contributed by atoms with Gasteiger partial charge >= 0.3 is 0 Å². The molecule has 1 unspecified atom stereocenters. The number of nitrogens with zero attached hydrogens (tertiary/aromatic N) is 1. The molecule has 0 spiro atoms. The van der Waals surface area contributed by atoms with Crippen molar-refractivity contribution in [2.24, 2.45) is 5.92 Å². The van der Waals surface area contributed by atoms with Crippen molar-refractivity contribution in [1.82, 2.24) is 5.32 Å². The summed E-state index contributed by atoms with van der Waals surface area (Å²) >= 11 is 0. The summed E-state index contributed by atoms with van der Waals surface area (Å²) in [5, 5.41) is 3.00. The maximum absolute atomic E-state index is 12.4. The van der Waals surface area contributed by atoms with Gasteiger partial charge in [-0.2, -0.15) is 0 Å². The van der Waals surface area contributed by atoms with Crippen molar-refractivity contribution in [2.75, 3.05) is 24.6 Å². The Morgan fingerprint density at radius 2 is 1.96 bits per heavy atom. The summed E-state index contributed by atoms with van der Waals surface area (Å²) in [5.74, 6) is 1.28. The lowest BCUT2D eigenvalue weighted by atomic mass is 9.96. The minimum absolute atomic E-state index is 0.0943. The van der Waals surface area contributed by atoms with E-state index in [0.29, 0.717) is 25.1 Å². The summed E-state index contributed by atoms with van der Waals surface area (Å²) in [6, 6.07) is 15.3. The molecule has 0 aromatic heterocycles. The number of hydrogen-bond acceptors (Lipinski definition) is 3. The minimum atomic E-state index is -0.0943. The fourth-order valence-corrected chi connectivity index (χ4v) is 3.57. The number of carbonyl (C=O) groups is 2. The Hall–Kier alpha value is -2.82. The Morgan fingerprint density at radius 3 is 2.73 bits per heavy atom. The van der Waals surface area contributed by atoms with Gasteiger partial charge in [0.25, 0.3) is 5.91 Å². The molecule has 2 heterocycles. The molecule has 2 aromatic rings. The van der Waals surface area contributed by atoms with Crippen molar-refractivity contribution in [2.45, 2.75) is 19.3 Å². The van der Waals surface area contributed by atoms with Gasteiger partial charge in [0.05, 0.1) is 6.61 Å². The highest BCUT2D eigenvalue weighted by Crippen LogP contribution is 2.26. The predicted octanol–water partition coefficient (Wildman–Crippen LogP) is 2.79. The predicted molar refractivity (Wildman–Crippen MR) is 99.5 cm³/mol. The summed E-state index contributed by atoms with van der Waals surface area (Å²) in [4.78, 5) is 26.0. The molecule has 0 radical (unpaired) electrons. The van der Waals surface area contributed by atoms with Crippen molar-refractivity contribution >= 4 is 17.5 Å². The molecule has 1 atom stereocenters. The fourth-order valence-electron chi connectivity index (χ4n) is 3.57. The number of rotatable bonds is 4. The number of benzene rings is 2. The highest BCUT2D eigenvalue weighted by Gasteiger charge is 2.22. The highest BCUT2D eigenvalue weighted by atomic mass is 16.5. The highest BCUT2D eigenvalue weighted by molar-refractivity contribution is 5.97. The summed E-state index contributed by atoms with van der Waals surface area (Å²) in [6.45, 7) is 1.96. The fraction of sp³-hybridized carbons (Fsp3) is 0.333. The van der Waals surface area contributed by atoms with Gasteiger partial charge in [0.15, 0.2) is 0 Å². The van der Waals surface area contributed by atoms with Gasteiger partial charge in [-0.05, 0) is 48.7 Å². The Morgan fingerprint density at radius 1 is 1.15 bits per heavy atom. The van der Waals surface area contributed by atoms with E-state index in [4.69, 9.17) is 4.74 Å². The molecule has 1 fully saturated rings. The lowest BCUT2D eigenvalue weighted by Gasteiger charge is -2.25. The van der Waals surface area contributed by atoms with Crippen LogP contribution in [-0.4, -0.2) is 31.5 Å². The van der Waals surface area contributed by atoms with Crippen LogP contribution >= 0.6 is 0 Å². The molecule has 0 bridgehead atoms. The van der Waals surface area contributed by atoms with Gasteiger partial charge in [-0.25, -0.2) is 0 Å². The number of ether oxygens (including phenoxy) is 1. The molecule has 1 saturated heterocycles. The first kappa shape index (κ1) is 16.6. The monoisotopic (exact) mass is 350 g/mol. The first-order chi connectivity index (χ1) is 12.7. The third-order valence-electron chi connectivity index (χ3n) is 5.02. The normalized spacial score (nSPS) is 19.0. The first-order valence-corrected chi connectivity index (χ1v) is 9.10. The number of anilines is 1. The van der Waals surface area contributed by atoms with Crippen molar-refractivity contribution in [3.8, 4) is 5.75 Å². The lowest BCUT2D eigenvalue weighted by Crippen LogP contribution is -2.34. The summed E-state index contributed by atoms with van der Waals surface area (Å²) in [7, 11) is 0. The summed E-state index contributed by atoms with van der Waals surface area (Å²) in [6.07, 6.45) is 2.41. The Kier molecular flexibility index (Phi) is 4.61. The van der Waals surface area contributed by atoms with Gasteiger partial charge in [0.1, 0.15) is 5.75 Å². The zero-order valence-electron chi connectivity index (χ0n) is 14.6. The number of para-hydroxylation sites is 1. The lowest BCUT2D eigenvalue weighted by molar-refractivity contribution is -0.117. The number of amides is 2. The van der Waals surface area contributed by atoms with E-state index in [2.05, 4.69) is 11.4 Å². The van der Waals surface area contributed by atoms with E-state index in [1.54, 1.807) is 17.0 Å². The molecular weight excluding hydrogens is 328 g/mol. The Bertz CT molecular complexity index is 816. The smallest absolute Gasteiger partial charge is 0.251 e. The van der Waals surface area contributed by atoms with Crippen LogP contribution in [0.25, 0.3) is 0 Å². The number of hydrogen-bond donors (Lipinski definition) is 1. The van der Waals surface area contributed by atoms with Crippen LogP contribution in [0, 0.1) is 5.92 Å². The Labute approximate surface area is 153 Å². The largest absolute Gasteiger partial charge is 0.493 e. The third kappa shape index (κ3) is 3.43. The molecule has 0 saturated carbocycles. The maximum atomic E-state index is 12.4. The average Bonchev–Trinajstić information content (AvgIpc) is 3.12. The standard InChI is InChI=1S/C21H22N2O3/c24-20-6-3-11-23(20)18-9-7-16(8-10-18)21(25)22-13-15-12-17-4-1-2-5-19(17)26-14-15/h1-2,4-5,7-10,15H,3,6,11-14H2,(H,22,25). The second kappa shape index (κ2) is 7.20. The molecule has 0 aliphatic carbocycles. The van der Waals surface area contributed by atoms with Crippen LogP contribution < -0.4 is 15.0 Å². The first-order valence-electron chi connectivity index (χ1n) is 9.10. The molecule has 4 rings (SSSR count). The van der Waals surface area contributed by atoms with Crippen molar-refractivity contribution in [3.63, 3.8) is 0 Å². The van der Waals surface area contributed by atoms with Crippen LogP contribution in [0.15, 0.2) is 48.5 Å². The van der Waals surface area contributed by atoms with Gasteiger partial charge in [-0.15, -0.1) is 0 Å². The van der Waals surface area contributed by atoms with Gasteiger partial charge in [0, 0.05) is 36.7 Å². The molecule has 26 heavy (non-hydrogen) atoms. The van der Waals surface area contributed by atoms with Crippen LogP contribution in [0.1, 0.15) is 28.8 Å². The molecule has 5 heteroatoms. The van der Waals surface area contributed by atoms with Crippen molar-refractivity contribution in [3.05, 3.63) is 59.7 Å². The summed E-state index contributed by atoms with van der Waals surface area (Å²) in [5.41, 5.74) is 2.66.